The molecule has 2 aliphatic heterocycles. The lowest BCUT2D eigenvalue weighted by molar-refractivity contribution is -0.332. The molecule has 0 aromatic heterocycles. The Morgan fingerprint density at radius 3 is 1.27 bits per heavy atom. The molecule has 15 nitrogen and oxygen atoms in total. The van der Waals surface area contributed by atoms with E-state index < -0.39 is 92.7 Å². The number of hydrogen-bond donors (Lipinski definition) is 7. The molecule has 71 heavy (non-hydrogen) atoms. The number of rotatable bonds is 46. The van der Waals surface area contributed by atoms with Gasteiger partial charge in [-0.1, -0.05) is 199 Å². The summed E-state index contributed by atoms with van der Waals surface area (Å²) in [7, 11) is 0. The van der Waals surface area contributed by atoms with E-state index >= 15 is 0 Å². The molecular weight excluding hydrogens is 913 g/mol. The average molecular weight is 1020 g/mol. The summed E-state index contributed by atoms with van der Waals surface area (Å²) in [6.07, 6.45) is 28.1. The number of hydrogen-bond acceptors (Lipinski definition) is 15. The van der Waals surface area contributed by atoms with Gasteiger partial charge < -0.3 is 64.2 Å². The number of aliphatic hydroxyl groups is 7. The number of aliphatic hydroxyl groups excluding tert-OH is 7. The summed E-state index contributed by atoms with van der Waals surface area (Å²) in [5.41, 5.74) is 0. The molecule has 0 spiro atoms. The molecule has 7 N–H and O–H groups in total. The first-order valence-corrected chi connectivity index (χ1v) is 28.8. The molecule has 0 aliphatic carbocycles. The summed E-state index contributed by atoms with van der Waals surface area (Å²) in [6, 6.07) is 0. The monoisotopic (exact) mass is 1020 g/mol. The molecule has 2 heterocycles. The molecule has 4 unspecified atom stereocenters. The molecule has 0 aromatic rings. The fourth-order valence-electron chi connectivity index (χ4n) is 9.27. The number of carbonyl (C=O) groups excluding carboxylic acids is 2. The van der Waals surface area contributed by atoms with Crippen LogP contribution in [0.1, 0.15) is 239 Å². The molecule has 15 heteroatoms. The summed E-state index contributed by atoms with van der Waals surface area (Å²) in [6.45, 7) is 2.62. The van der Waals surface area contributed by atoms with E-state index in [1.54, 1.807) is 0 Å². The predicted octanol–water partition coefficient (Wildman–Crippen LogP) is 9.33. The zero-order valence-corrected chi connectivity index (χ0v) is 44.5. The average Bonchev–Trinajstić information content (AvgIpc) is 3.36. The third kappa shape index (κ3) is 31.0. The van der Waals surface area contributed by atoms with Crippen LogP contribution in [0.25, 0.3) is 0 Å². The van der Waals surface area contributed by atoms with Crippen molar-refractivity contribution in [1.82, 2.24) is 0 Å². The molecule has 2 saturated heterocycles. The lowest BCUT2D eigenvalue weighted by Crippen LogP contribution is -2.61. The molecule has 2 fully saturated rings. The van der Waals surface area contributed by atoms with Crippen molar-refractivity contribution in [2.75, 3.05) is 26.4 Å². The molecular formula is C56H104O15. The normalized spacial score (nSPS) is 25.2. The Labute approximate surface area is 429 Å². The second-order valence-electron chi connectivity index (χ2n) is 20.5. The highest BCUT2D eigenvalue weighted by atomic mass is 16.7. The highest BCUT2D eigenvalue weighted by Crippen LogP contribution is 2.27. The largest absolute Gasteiger partial charge is 0.462 e. The molecule has 0 aromatic carbocycles. The lowest BCUT2D eigenvalue weighted by Gasteiger charge is -2.42. The standard InChI is InChI=1S/C56H104O15/c1-3-5-7-9-11-13-15-17-19-20-21-22-23-25-27-29-31-33-35-37-39-48(59)69-44(41-66-47(58)38-36-34-32-30-28-26-24-18-16-14-12-10-8-6-4-2)42-67-55-54(65)52(63)50(61)46(71-55)43-68-56-53(64)51(62)49(60)45(40-57)70-56/h28,30,44-46,49-57,60-65H,3-27,29,31-43H2,1-2H3/b30-28+/t44-,45+,46+,49-,50-,51?,52?,53?,54?,55+,56+/m1/s1. The van der Waals surface area contributed by atoms with Gasteiger partial charge in [-0.2, -0.15) is 0 Å². The molecule has 418 valence electrons. The fourth-order valence-corrected chi connectivity index (χ4v) is 9.27. The van der Waals surface area contributed by atoms with E-state index in [2.05, 4.69) is 26.0 Å². The maximum atomic E-state index is 13.1. The highest BCUT2D eigenvalue weighted by Gasteiger charge is 2.47. The van der Waals surface area contributed by atoms with E-state index in [0.717, 1.165) is 38.5 Å². The van der Waals surface area contributed by atoms with Gasteiger partial charge in [0.15, 0.2) is 18.7 Å². The molecule has 0 saturated carbocycles. The van der Waals surface area contributed by atoms with Crippen molar-refractivity contribution in [1.29, 1.82) is 0 Å². The van der Waals surface area contributed by atoms with Crippen LogP contribution in [0.15, 0.2) is 12.2 Å². The Bertz CT molecular complexity index is 1290. The predicted molar refractivity (Wildman–Crippen MR) is 275 cm³/mol. The minimum Gasteiger partial charge on any atom is -0.462 e. The van der Waals surface area contributed by atoms with Crippen LogP contribution in [-0.2, 0) is 38.0 Å². The van der Waals surface area contributed by atoms with Crippen molar-refractivity contribution in [3.05, 3.63) is 12.2 Å². The van der Waals surface area contributed by atoms with E-state index in [1.165, 1.54) is 161 Å². The number of carbonyl (C=O) groups is 2. The van der Waals surface area contributed by atoms with Crippen LogP contribution in [-0.4, -0.2) is 142 Å². The first-order valence-electron chi connectivity index (χ1n) is 28.8. The van der Waals surface area contributed by atoms with E-state index in [-0.39, 0.29) is 26.1 Å². The van der Waals surface area contributed by atoms with Crippen molar-refractivity contribution in [3.63, 3.8) is 0 Å². The van der Waals surface area contributed by atoms with Gasteiger partial charge in [0.05, 0.1) is 19.8 Å². The van der Waals surface area contributed by atoms with Gasteiger partial charge in [0, 0.05) is 12.8 Å². The maximum absolute atomic E-state index is 13.1. The van der Waals surface area contributed by atoms with Gasteiger partial charge in [0.1, 0.15) is 55.4 Å². The summed E-state index contributed by atoms with van der Waals surface area (Å²) in [4.78, 5) is 25.8. The Kier molecular flexibility index (Phi) is 40.0. The molecule has 2 rings (SSSR count). The van der Waals surface area contributed by atoms with Gasteiger partial charge in [-0.15, -0.1) is 0 Å². The molecule has 11 atom stereocenters. The third-order valence-electron chi connectivity index (χ3n) is 14.0. The van der Waals surface area contributed by atoms with Crippen LogP contribution in [0.3, 0.4) is 0 Å². The Balaban J connectivity index is 1.76. The Morgan fingerprint density at radius 2 is 0.803 bits per heavy atom. The number of ether oxygens (including phenoxy) is 6. The third-order valence-corrected chi connectivity index (χ3v) is 14.0. The van der Waals surface area contributed by atoms with Crippen LogP contribution < -0.4 is 0 Å². The number of esters is 2. The number of allylic oxidation sites excluding steroid dienone is 2. The first-order chi connectivity index (χ1) is 34.5. The van der Waals surface area contributed by atoms with Crippen LogP contribution in [0, 0.1) is 0 Å². The van der Waals surface area contributed by atoms with E-state index in [0.29, 0.717) is 12.8 Å². The van der Waals surface area contributed by atoms with Gasteiger partial charge in [-0.3, -0.25) is 9.59 Å². The molecule has 0 bridgehead atoms. The smallest absolute Gasteiger partial charge is 0.306 e. The summed E-state index contributed by atoms with van der Waals surface area (Å²) >= 11 is 0. The second-order valence-corrected chi connectivity index (χ2v) is 20.5. The fraction of sp³-hybridized carbons (Fsp3) is 0.929. The minimum atomic E-state index is -1.76. The van der Waals surface area contributed by atoms with Gasteiger partial charge in [-0.05, 0) is 38.5 Å². The summed E-state index contributed by atoms with van der Waals surface area (Å²) in [5, 5.41) is 72.2. The van der Waals surface area contributed by atoms with E-state index in [4.69, 9.17) is 28.4 Å². The van der Waals surface area contributed by atoms with Gasteiger partial charge in [0.25, 0.3) is 0 Å². The van der Waals surface area contributed by atoms with Crippen LogP contribution in [0.5, 0.6) is 0 Å². The molecule has 0 radical (unpaired) electrons. The second kappa shape index (κ2) is 43.5. The summed E-state index contributed by atoms with van der Waals surface area (Å²) in [5.74, 6) is -0.936. The van der Waals surface area contributed by atoms with Gasteiger partial charge >= 0.3 is 11.9 Å². The van der Waals surface area contributed by atoms with Crippen molar-refractivity contribution in [2.24, 2.45) is 0 Å². The van der Waals surface area contributed by atoms with Crippen molar-refractivity contribution in [2.45, 2.75) is 306 Å². The first kappa shape index (κ1) is 65.4. The van der Waals surface area contributed by atoms with Crippen LogP contribution >= 0.6 is 0 Å². The Hall–Kier alpha value is -1.76. The van der Waals surface area contributed by atoms with Gasteiger partial charge in [0.2, 0.25) is 0 Å². The number of unbranched alkanes of at least 4 members (excludes halogenated alkanes) is 30. The minimum absolute atomic E-state index is 0.168. The molecule has 2 aliphatic rings. The highest BCUT2D eigenvalue weighted by molar-refractivity contribution is 5.70. The maximum Gasteiger partial charge on any atom is 0.306 e. The van der Waals surface area contributed by atoms with Crippen molar-refractivity contribution >= 4 is 11.9 Å². The van der Waals surface area contributed by atoms with Crippen molar-refractivity contribution in [3.8, 4) is 0 Å². The SMILES string of the molecule is CCCCCCCCCCC/C=C/CCCCC(=O)OC[C@H](CO[C@H]1O[C@@H](CO[C@H]2O[C@@H](CO)[C@@H](O)C(O)C2O)[C@@H](O)C(O)C1O)OC(=O)CCCCCCCCCCCCCCCCCCCCCC. The zero-order valence-electron chi connectivity index (χ0n) is 44.5. The zero-order chi connectivity index (χ0) is 51.7. The lowest BCUT2D eigenvalue weighted by atomic mass is 9.98. The van der Waals surface area contributed by atoms with Crippen LogP contribution in [0.2, 0.25) is 0 Å². The van der Waals surface area contributed by atoms with Gasteiger partial charge in [-0.25, -0.2) is 0 Å². The van der Waals surface area contributed by atoms with E-state index in [1.807, 2.05) is 0 Å². The summed E-state index contributed by atoms with van der Waals surface area (Å²) < 4.78 is 33.7. The Morgan fingerprint density at radius 1 is 0.437 bits per heavy atom. The molecule has 0 amide bonds. The van der Waals surface area contributed by atoms with E-state index in [9.17, 15) is 45.3 Å². The quantitative estimate of drug-likeness (QED) is 0.0171. The van der Waals surface area contributed by atoms with Crippen molar-refractivity contribution < 1.29 is 73.8 Å². The topological polar surface area (TPSA) is 231 Å². The van der Waals surface area contributed by atoms with Crippen LogP contribution in [0.4, 0.5) is 0 Å².